The monoisotopic (exact) mass is 303 g/mol. The number of H-pyrrole nitrogens is 1. The Labute approximate surface area is 128 Å². The molecule has 2 aromatic heterocycles. The maximum atomic E-state index is 12.1. The molecule has 2 heterocycles. The highest BCUT2D eigenvalue weighted by Crippen LogP contribution is 2.36. The molecule has 0 bridgehead atoms. The molecule has 1 amide bonds. The third kappa shape index (κ3) is 2.89. The van der Waals surface area contributed by atoms with Crippen molar-refractivity contribution in [2.45, 2.75) is 31.8 Å². The van der Waals surface area contributed by atoms with Gasteiger partial charge >= 0.3 is 0 Å². The van der Waals surface area contributed by atoms with Crippen LogP contribution < -0.4 is 5.32 Å². The van der Waals surface area contributed by atoms with Gasteiger partial charge in [0, 0.05) is 31.6 Å². The summed E-state index contributed by atoms with van der Waals surface area (Å²) in [5, 5.41) is 20.1. The lowest BCUT2D eigenvalue weighted by atomic mass is 10.0. The van der Waals surface area contributed by atoms with Gasteiger partial charge in [0.1, 0.15) is 11.5 Å². The third-order valence-corrected chi connectivity index (χ3v) is 4.34. The lowest BCUT2D eigenvalue weighted by Crippen LogP contribution is -2.33. The van der Waals surface area contributed by atoms with E-state index in [1.165, 1.54) is 0 Å². The van der Waals surface area contributed by atoms with Crippen molar-refractivity contribution in [2.75, 3.05) is 6.54 Å². The molecular formula is C15H21N5O2. The molecule has 0 aromatic carbocycles. The van der Waals surface area contributed by atoms with E-state index >= 15 is 0 Å². The fourth-order valence-corrected chi connectivity index (χ4v) is 3.09. The summed E-state index contributed by atoms with van der Waals surface area (Å²) in [5.74, 6) is 1.61. The number of carbonyl (C=O) groups excluding carboxylic acids is 1. The van der Waals surface area contributed by atoms with Gasteiger partial charge in [-0.15, -0.1) is 0 Å². The first kappa shape index (κ1) is 14.8. The van der Waals surface area contributed by atoms with E-state index in [0.717, 1.165) is 18.1 Å². The molecule has 1 aliphatic carbocycles. The van der Waals surface area contributed by atoms with E-state index in [2.05, 4.69) is 20.5 Å². The molecule has 0 aliphatic heterocycles. The number of hydrogen-bond acceptors (Lipinski definition) is 4. The number of aromatic amines is 1. The van der Waals surface area contributed by atoms with Crippen LogP contribution in [-0.2, 0) is 7.05 Å². The number of aliphatic hydroxyl groups is 1. The van der Waals surface area contributed by atoms with Crippen LogP contribution in [0.25, 0.3) is 0 Å². The van der Waals surface area contributed by atoms with Crippen molar-refractivity contribution >= 4 is 5.91 Å². The minimum absolute atomic E-state index is 0.0352. The zero-order valence-electron chi connectivity index (χ0n) is 12.8. The molecule has 0 spiro atoms. The van der Waals surface area contributed by atoms with Crippen LogP contribution in [0, 0.1) is 12.8 Å². The van der Waals surface area contributed by atoms with Crippen LogP contribution >= 0.6 is 0 Å². The normalized spacial score (nSPS) is 24.6. The van der Waals surface area contributed by atoms with Crippen molar-refractivity contribution < 1.29 is 9.90 Å². The van der Waals surface area contributed by atoms with E-state index in [4.69, 9.17) is 0 Å². The number of nitrogens with one attached hydrogen (secondary N) is 2. The molecule has 0 unspecified atom stereocenters. The minimum Gasteiger partial charge on any atom is -0.393 e. The van der Waals surface area contributed by atoms with E-state index in [-0.39, 0.29) is 17.7 Å². The smallest absolute Gasteiger partial charge is 0.267 e. The fraction of sp³-hybridized carbons (Fsp3) is 0.533. The molecule has 0 radical (unpaired) electrons. The number of aliphatic hydroxyl groups excluding tert-OH is 1. The molecular weight excluding hydrogens is 282 g/mol. The van der Waals surface area contributed by atoms with E-state index in [0.29, 0.717) is 18.7 Å². The highest BCUT2D eigenvalue weighted by atomic mass is 16.3. The summed E-state index contributed by atoms with van der Waals surface area (Å²) in [5.41, 5.74) is 0.619. The summed E-state index contributed by atoms with van der Waals surface area (Å²) < 4.78 is 1.78. The number of aromatic nitrogens is 4. The molecule has 3 atom stereocenters. The topological polar surface area (TPSA) is 95.8 Å². The van der Waals surface area contributed by atoms with Gasteiger partial charge in [-0.2, -0.15) is 5.10 Å². The van der Waals surface area contributed by atoms with Gasteiger partial charge in [-0.3, -0.25) is 9.89 Å². The quantitative estimate of drug-likeness (QED) is 0.776. The Balaban J connectivity index is 1.57. The maximum absolute atomic E-state index is 12.1. The number of carbonyl (C=O) groups is 1. The zero-order chi connectivity index (χ0) is 15.7. The lowest BCUT2D eigenvalue weighted by molar-refractivity contribution is 0.0909. The Morgan fingerprint density at radius 3 is 3.00 bits per heavy atom. The largest absolute Gasteiger partial charge is 0.393 e. The standard InChI is InChI=1S/C15H21N5O2/c1-9-17-14(19-18-9)10-6-11(13(21)7-10)8-16-15(22)12-4-3-5-20(12)2/h3-5,10-11,13,21H,6-8H2,1-2H3,(H,16,22)(H,17,18,19)/t10-,11+,13+/m0/s1. The van der Waals surface area contributed by atoms with Crippen molar-refractivity contribution in [1.29, 1.82) is 0 Å². The van der Waals surface area contributed by atoms with E-state index in [1.807, 2.05) is 26.2 Å². The second kappa shape index (κ2) is 5.92. The van der Waals surface area contributed by atoms with Crippen LogP contribution in [0.4, 0.5) is 0 Å². The summed E-state index contributed by atoms with van der Waals surface area (Å²) in [6, 6.07) is 3.61. The summed E-state index contributed by atoms with van der Waals surface area (Å²) in [6.45, 7) is 2.32. The SMILES string of the molecule is Cc1nc([C@H]2C[C@H](CNC(=O)c3cccn3C)[C@H](O)C2)n[nH]1. The lowest BCUT2D eigenvalue weighted by Gasteiger charge is -2.15. The van der Waals surface area contributed by atoms with Gasteiger partial charge in [-0.1, -0.05) is 0 Å². The van der Waals surface area contributed by atoms with E-state index < -0.39 is 6.10 Å². The number of aryl methyl sites for hydroxylation is 2. The Bertz CT molecular complexity index is 662. The van der Waals surface area contributed by atoms with Crippen LogP contribution in [-0.4, -0.2) is 43.4 Å². The highest BCUT2D eigenvalue weighted by Gasteiger charge is 2.35. The van der Waals surface area contributed by atoms with Gasteiger partial charge in [0.15, 0.2) is 5.82 Å². The molecule has 3 N–H and O–H groups in total. The van der Waals surface area contributed by atoms with Gasteiger partial charge < -0.3 is 15.0 Å². The molecule has 1 aliphatic rings. The average molecular weight is 303 g/mol. The zero-order valence-corrected chi connectivity index (χ0v) is 12.8. The Kier molecular flexibility index (Phi) is 3.98. The van der Waals surface area contributed by atoms with Gasteiger partial charge in [-0.05, 0) is 31.9 Å². The van der Waals surface area contributed by atoms with Crippen LogP contribution in [0.15, 0.2) is 18.3 Å². The van der Waals surface area contributed by atoms with Gasteiger partial charge in [0.05, 0.1) is 6.10 Å². The van der Waals surface area contributed by atoms with Crippen LogP contribution in [0.3, 0.4) is 0 Å². The molecule has 2 aromatic rings. The summed E-state index contributed by atoms with van der Waals surface area (Å²) in [7, 11) is 1.83. The second-order valence-electron chi connectivity index (χ2n) is 5.99. The summed E-state index contributed by atoms with van der Waals surface area (Å²) in [4.78, 5) is 16.4. The van der Waals surface area contributed by atoms with Crippen molar-refractivity contribution in [2.24, 2.45) is 13.0 Å². The first-order valence-electron chi connectivity index (χ1n) is 7.51. The van der Waals surface area contributed by atoms with Crippen LogP contribution in [0.1, 0.15) is 40.9 Å². The molecule has 0 saturated heterocycles. The molecule has 7 heteroatoms. The number of hydrogen-bond donors (Lipinski definition) is 3. The summed E-state index contributed by atoms with van der Waals surface area (Å²) >= 11 is 0. The van der Waals surface area contributed by atoms with E-state index in [1.54, 1.807) is 10.6 Å². The number of nitrogens with zero attached hydrogens (tertiary/aromatic N) is 3. The predicted octanol–water partition coefficient (Wildman–Crippen LogP) is 0.736. The van der Waals surface area contributed by atoms with Crippen LogP contribution in [0.5, 0.6) is 0 Å². The highest BCUT2D eigenvalue weighted by molar-refractivity contribution is 5.92. The third-order valence-electron chi connectivity index (χ3n) is 4.34. The van der Waals surface area contributed by atoms with Crippen molar-refractivity contribution in [3.63, 3.8) is 0 Å². The number of rotatable bonds is 4. The molecule has 22 heavy (non-hydrogen) atoms. The summed E-state index contributed by atoms with van der Waals surface area (Å²) in [6.07, 6.45) is 2.83. The van der Waals surface area contributed by atoms with Crippen LogP contribution in [0.2, 0.25) is 0 Å². The molecule has 1 fully saturated rings. The second-order valence-corrected chi connectivity index (χ2v) is 5.99. The fourth-order valence-electron chi connectivity index (χ4n) is 3.09. The minimum atomic E-state index is -0.433. The van der Waals surface area contributed by atoms with Gasteiger partial charge in [0.2, 0.25) is 0 Å². The molecule has 118 valence electrons. The first-order valence-corrected chi connectivity index (χ1v) is 7.51. The average Bonchev–Trinajstić information content (AvgIpc) is 3.17. The molecule has 1 saturated carbocycles. The van der Waals surface area contributed by atoms with Crippen molar-refractivity contribution in [3.8, 4) is 0 Å². The molecule has 3 rings (SSSR count). The Morgan fingerprint density at radius 2 is 2.36 bits per heavy atom. The van der Waals surface area contributed by atoms with Gasteiger partial charge in [-0.25, -0.2) is 4.98 Å². The van der Waals surface area contributed by atoms with Crippen molar-refractivity contribution in [1.82, 2.24) is 25.1 Å². The van der Waals surface area contributed by atoms with E-state index in [9.17, 15) is 9.90 Å². The Hall–Kier alpha value is -2.15. The first-order chi connectivity index (χ1) is 10.5. The number of amides is 1. The van der Waals surface area contributed by atoms with Crippen molar-refractivity contribution in [3.05, 3.63) is 35.7 Å². The molecule has 7 nitrogen and oxygen atoms in total. The maximum Gasteiger partial charge on any atom is 0.267 e. The Morgan fingerprint density at radius 1 is 1.55 bits per heavy atom. The van der Waals surface area contributed by atoms with Gasteiger partial charge in [0.25, 0.3) is 5.91 Å². The predicted molar refractivity (Wildman–Crippen MR) is 80.3 cm³/mol.